The minimum Gasteiger partial charge on any atom is -0.385 e. The average Bonchev–Trinajstić information content (AvgIpc) is 3.30. The molecule has 2 aliphatic rings. The number of methoxy groups -OCH3 is 1. The number of hydrogen-bond donors (Lipinski definition) is 1. The molecule has 21 heavy (non-hydrogen) atoms. The normalized spacial score (nSPS) is 26.1. The molecule has 1 saturated heterocycles. The molecule has 0 bridgehead atoms. The molecule has 0 spiro atoms. The zero-order chi connectivity index (χ0) is 15.2. The van der Waals surface area contributed by atoms with E-state index in [9.17, 15) is 9.59 Å². The van der Waals surface area contributed by atoms with Gasteiger partial charge in [-0.15, -0.1) is 0 Å². The molecule has 2 rings (SSSR count). The molecule has 120 valence electrons. The van der Waals surface area contributed by atoms with Gasteiger partial charge in [-0.1, -0.05) is 6.92 Å². The van der Waals surface area contributed by atoms with E-state index in [1.54, 1.807) is 12.0 Å². The number of nitrogens with one attached hydrogen (secondary N) is 1. The summed E-state index contributed by atoms with van der Waals surface area (Å²) < 4.78 is 10.5. The highest BCUT2D eigenvalue weighted by Gasteiger charge is 2.47. The van der Waals surface area contributed by atoms with Crippen LogP contribution in [0.4, 0.5) is 0 Å². The van der Waals surface area contributed by atoms with Crippen molar-refractivity contribution in [1.82, 2.24) is 10.2 Å². The molecule has 1 saturated carbocycles. The van der Waals surface area contributed by atoms with E-state index >= 15 is 0 Å². The molecule has 2 atom stereocenters. The maximum absolute atomic E-state index is 12.4. The maximum atomic E-state index is 12.4. The van der Waals surface area contributed by atoms with Crippen LogP contribution in [0.5, 0.6) is 0 Å². The van der Waals surface area contributed by atoms with Gasteiger partial charge < -0.3 is 19.7 Å². The Morgan fingerprint density at radius 2 is 2.00 bits per heavy atom. The molecule has 0 aromatic heterocycles. The highest BCUT2D eigenvalue weighted by Crippen LogP contribution is 2.37. The van der Waals surface area contributed by atoms with E-state index in [1.807, 2.05) is 6.92 Å². The van der Waals surface area contributed by atoms with Crippen molar-refractivity contribution >= 4 is 11.8 Å². The van der Waals surface area contributed by atoms with Crippen molar-refractivity contribution in [3.8, 4) is 0 Å². The van der Waals surface area contributed by atoms with Gasteiger partial charge in [-0.25, -0.2) is 0 Å². The summed E-state index contributed by atoms with van der Waals surface area (Å²) in [5.41, 5.74) is 0. The zero-order valence-electron chi connectivity index (χ0n) is 13.0. The molecule has 1 heterocycles. The van der Waals surface area contributed by atoms with Gasteiger partial charge >= 0.3 is 0 Å². The lowest BCUT2D eigenvalue weighted by atomic mass is 10.0. The number of rotatable bonds is 9. The molecule has 1 N–H and O–H groups in total. The molecule has 0 aromatic carbocycles. The lowest BCUT2D eigenvalue weighted by Crippen LogP contribution is -2.64. The van der Waals surface area contributed by atoms with Crippen molar-refractivity contribution in [3.05, 3.63) is 0 Å². The Morgan fingerprint density at radius 1 is 1.24 bits per heavy atom. The number of ether oxygens (including phenoxy) is 2. The van der Waals surface area contributed by atoms with Gasteiger partial charge in [0.25, 0.3) is 0 Å². The van der Waals surface area contributed by atoms with Gasteiger partial charge in [0.15, 0.2) is 0 Å². The Morgan fingerprint density at radius 3 is 2.62 bits per heavy atom. The van der Waals surface area contributed by atoms with E-state index < -0.39 is 0 Å². The van der Waals surface area contributed by atoms with Crippen LogP contribution in [-0.4, -0.2) is 62.3 Å². The number of carbonyl (C=O) groups is 2. The summed E-state index contributed by atoms with van der Waals surface area (Å²) in [7, 11) is 1.66. The number of piperazine rings is 1. The van der Waals surface area contributed by atoms with Crippen molar-refractivity contribution in [2.24, 2.45) is 5.92 Å². The Labute approximate surface area is 126 Å². The largest absolute Gasteiger partial charge is 0.385 e. The fourth-order valence-corrected chi connectivity index (χ4v) is 2.77. The predicted molar refractivity (Wildman–Crippen MR) is 77.8 cm³/mol. The van der Waals surface area contributed by atoms with Gasteiger partial charge in [-0.2, -0.15) is 0 Å². The highest BCUT2D eigenvalue weighted by atomic mass is 16.5. The van der Waals surface area contributed by atoms with E-state index in [1.165, 1.54) is 0 Å². The Bertz CT molecular complexity index is 371. The first-order valence-corrected chi connectivity index (χ1v) is 7.86. The lowest BCUT2D eigenvalue weighted by Gasteiger charge is -2.39. The topological polar surface area (TPSA) is 67.9 Å². The second-order valence-electron chi connectivity index (χ2n) is 5.74. The molecule has 2 fully saturated rings. The van der Waals surface area contributed by atoms with Gasteiger partial charge in [0.2, 0.25) is 11.8 Å². The smallest absolute Gasteiger partial charge is 0.245 e. The zero-order valence-corrected chi connectivity index (χ0v) is 13.0. The van der Waals surface area contributed by atoms with Gasteiger partial charge in [-0.3, -0.25) is 9.59 Å². The van der Waals surface area contributed by atoms with Gasteiger partial charge in [0.05, 0.1) is 6.61 Å². The first kappa shape index (κ1) is 16.2. The Balaban J connectivity index is 1.85. The van der Waals surface area contributed by atoms with Crippen LogP contribution >= 0.6 is 0 Å². The van der Waals surface area contributed by atoms with Crippen molar-refractivity contribution in [2.75, 3.05) is 33.5 Å². The van der Waals surface area contributed by atoms with Crippen LogP contribution in [-0.2, 0) is 19.1 Å². The summed E-state index contributed by atoms with van der Waals surface area (Å²) in [6, 6.07) is -0.663. The van der Waals surface area contributed by atoms with Gasteiger partial charge in [-0.05, 0) is 31.6 Å². The minimum absolute atomic E-state index is 0.00309. The first-order valence-electron chi connectivity index (χ1n) is 7.86. The lowest BCUT2D eigenvalue weighted by molar-refractivity contribution is -0.151. The molecule has 0 aromatic rings. The standard InChI is InChI=1S/C15H26N2O4/c1-3-12-15(19)17(7-10-21-9-4-8-20-2)13(11-5-6-11)14(18)16-12/h11-13H,3-10H2,1-2H3,(H,16,18). The predicted octanol–water partition coefficient (Wildman–Crippen LogP) is 0.555. The molecule has 1 aliphatic heterocycles. The van der Waals surface area contributed by atoms with E-state index in [2.05, 4.69) is 5.32 Å². The van der Waals surface area contributed by atoms with Crippen LogP contribution in [0.3, 0.4) is 0 Å². The van der Waals surface area contributed by atoms with Crippen molar-refractivity contribution in [2.45, 2.75) is 44.7 Å². The molecule has 6 heteroatoms. The molecular weight excluding hydrogens is 272 g/mol. The average molecular weight is 298 g/mol. The van der Waals surface area contributed by atoms with Crippen LogP contribution in [0, 0.1) is 5.92 Å². The van der Waals surface area contributed by atoms with Crippen molar-refractivity contribution in [3.63, 3.8) is 0 Å². The number of nitrogens with zero attached hydrogens (tertiary/aromatic N) is 1. The second-order valence-corrected chi connectivity index (χ2v) is 5.74. The molecule has 1 aliphatic carbocycles. The van der Waals surface area contributed by atoms with Crippen molar-refractivity contribution < 1.29 is 19.1 Å². The summed E-state index contributed by atoms with van der Waals surface area (Å²) in [5, 5.41) is 2.85. The third-order valence-electron chi connectivity index (χ3n) is 4.09. The van der Waals surface area contributed by atoms with Crippen LogP contribution in [0.15, 0.2) is 0 Å². The molecule has 2 amide bonds. The van der Waals surface area contributed by atoms with Crippen molar-refractivity contribution in [1.29, 1.82) is 0 Å². The minimum atomic E-state index is -0.374. The van der Waals surface area contributed by atoms with Crippen LogP contribution in [0.1, 0.15) is 32.6 Å². The number of amides is 2. The number of carbonyl (C=O) groups excluding carboxylic acids is 2. The second kappa shape index (κ2) is 7.75. The van der Waals surface area contributed by atoms with Crippen LogP contribution in [0.2, 0.25) is 0 Å². The highest BCUT2D eigenvalue weighted by molar-refractivity contribution is 5.97. The molecule has 6 nitrogen and oxygen atoms in total. The van der Waals surface area contributed by atoms with E-state index in [-0.39, 0.29) is 23.9 Å². The quantitative estimate of drug-likeness (QED) is 0.631. The number of hydrogen-bond acceptors (Lipinski definition) is 4. The summed E-state index contributed by atoms with van der Waals surface area (Å²) >= 11 is 0. The van der Waals surface area contributed by atoms with E-state index in [0.29, 0.717) is 38.7 Å². The summed E-state index contributed by atoms with van der Waals surface area (Å²) in [6.45, 7) is 4.18. The molecule has 2 unspecified atom stereocenters. The first-order chi connectivity index (χ1) is 10.2. The Kier molecular flexibility index (Phi) is 5.99. The molecular formula is C15H26N2O4. The molecule has 0 radical (unpaired) electrons. The summed E-state index contributed by atoms with van der Waals surface area (Å²) in [4.78, 5) is 26.4. The fraction of sp³-hybridized carbons (Fsp3) is 0.867. The fourth-order valence-electron chi connectivity index (χ4n) is 2.77. The van der Waals surface area contributed by atoms with Gasteiger partial charge in [0.1, 0.15) is 12.1 Å². The maximum Gasteiger partial charge on any atom is 0.245 e. The monoisotopic (exact) mass is 298 g/mol. The summed E-state index contributed by atoms with van der Waals surface area (Å²) in [5.74, 6) is 0.373. The van der Waals surface area contributed by atoms with E-state index in [0.717, 1.165) is 19.3 Å². The Hall–Kier alpha value is -1.14. The summed E-state index contributed by atoms with van der Waals surface area (Å²) in [6.07, 6.45) is 3.54. The van der Waals surface area contributed by atoms with Gasteiger partial charge in [0, 0.05) is 26.9 Å². The SMILES string of the molecule is CCC1NC(=O)C(C2CC2)N(CCOCCCOC)C1=O. The third-order valence-corrected chi connectivity index (χ3v) is 4.09. The van der Waals surface area contributed by atoms with E-state index in [4.69, 9.17) is 9.47 Å². The van der Waals surface area contributed by atoms with Crippen LogP contribution < -0.4 is 5.32 Å². The van der Waals surface area contributed by atoms with Crippen LogP contribution in [0.25, 0.3) is 0 Å². The third kappa shape index (κ3) is 4.17.